The highest BCUT2D eigenvalue weighted by Gasteiger charge is 2.41. The number of likely N-dealkylation sites (tertiary alicyclic amines) is 1. The molecule has 3 rings (SSSR count). The summed E-state index contributed by atoms with van der Waals surface area (Å²) in [5.74, 6) is -0.0594. The molecule has 1 saturated heterocycles. The Labute approximate surface area is 163 Å². The van der Waals surface area contributed by atoms with Gasteiger partial charge in [0.2, 0.25) is 5.91 Å². The highest BCUT2D eigenvalue weighted by Crippen LogP contribution is 2.39. The van der Waals surface area contributed by atoms with Gasteiger partial charge in [0.15, 0.2) is 5.75 Å². The number of nitrogens with zero attached hydrogens (tertiary/aromatic N) is 3. The number of carbonyl (C=O) groups excluding carboxylic acids is 2. The van der Waals surface area contributed by atoms with E-state index in [4.69, 9.17) is 9.47 Å². The standard InChI is InChI=1S/C19H25N3O6/c1-19(2,3)28-18(24)21-8-5-6-13(21)17(23)20-9-7-12-10-16(27-4)15(22(25)26)11-14(12)20/h10-11,13H,5-9H2,1-4H3. The van der Waals surface area contributed by atoms with Gasteiger partial charge in [-0.15, -0.1) is 0 Å². The highest BCUT2D eigenvalue weighted by molar-refractivity contribution is 6.01. The van der Waals surface area contributed by atoms with Crippen LogP contribution in [0.15, 0.2) is 12.1 Å². The fourth-order valence-electron chi connectivity index (χ4n) is 3.68. The molecular weight excluding hydrogens is 366 g/mol. The third kappa shape index (κ3) is 3.74. The summed E-state index contributed by atoms with van der Waals surface area (Å²) in [4.78, 5) is 39.5. The Morgan fingerprint density at radius 2 is 1.96 bits per heavy atom. The van der Waals surface area contributed by atoms with E-state index in [0.717, 1.165) is 5.56 Å². The Bertz CT molecular complexity index is 817. The average molecular weight is 391 g/mol. The molecule has 0 radical (unpaired) electrons. The summed E-state index contributed by atoms with van der Waals surface area (Å²) in [7, 11) is 1.38. The first-order valence-corrected chi connectivity index (χ1v) is 9.28. The Morgan fingerprint density at radius 1 is 1.25 bits per heavy atom. The molecule has 28 heavy (non-hydrogen) atoms. The number of hydrogen-bond donors (Lipinski definition) is 0. The van der Waals surface area contributed by atoms with Crippen molar-refractivity contribution < 1.29 is 24.0 Å². The Kier molecular flexibility index (Phi) is 5.18. The number of anilines is 1. The minimum atomic E-state index is -0.648. The van der Waals surface area contributed by atoms with Gasteiger partial charge >= 0.3 is 11.8 Å². The maximum Gasteiger partial charge on any atom is 0.410 e. The zero-order chi connectivity index (χ0) is 20.6. The number of nitro benzene ring substituents is 1. The van der Waals surface area contributed by atoms with E-state index in [2.05, 4.69) is 0 Å². The van der Waals surface area contributed by atoms with Crippen LogP contribution >= 0.6 is 0 Å². The van der Waals surface area contributed by atoms with E-state index < -0.39 is 22.7 Å². The van der Waals surface area contributed by atoms with E-state index in [9.17, 15) is 19.7 Å². The molecule has 1 aromatic rings. The number of benzene rings is 1. The predicted molar refractivity (Wildman–Crippen MR) is 102 cm³/mol. The molecule has 1 atom stereocenters. The van der Waals surface area contributed by atoms with Crippen LogP contribution < -0.4 is 9.64 Å². The highest BCUT2D eigenvalue weighted by atomic mass is 16.6. The normalized spacial score (nSPS) is 18.8. The summed E-state index contributed by atoms with van der Waals surface area (Å²) in [6.07, 6.45) is 1.32. The van der Waals surface area contributed by atoms with Crippen molar-refractivity contribution in [3.8, 4) is 5.75 Å². The lowest BCUT2D eigenvalue weighted by Crippen LogP contribution is -2.48. The molecule has 152 valence electrons. The van der Waals surface area contributed by atoms with Crippen molar-refractivity contribution in [1.82, 2.24) is 4.90 Å². The van der Waals surface area contributed by atoms with Gasteiger partial charge in [-0.1, -0.05) is 0 Å². The third-order valence-corrected chi connectivity index (χ3v) is 4.90. The van der Waals surface area contributed by atoms with Crippen LogP contribution in [-0.2, 0) is 16.0 Å². The Balaban J connectivity index is 1.86. The van der Waals surface area contributed by atoms with Crippen LogP contribution in [0, 0.1) is 10.1 Å². The molecule has 2 aliphatic heterocycles. The second-order valence-corrected chi connectivity index (χ2v) is 7.98. The average Bonchev–Trinajstić information content (AvgIpc) is 3.25. The van der Waals surface area contributed by atoms with Gasteiger partial charge in [0.05, 0.1) is 17.7 Å². The number of rotatable bonds is 3. The zero-order valence-corrected chi connectivity index (χ0v) is 16.6. The number of amides is 2. The topological polar surface area (TPSA) is 102 Å². The molecule has 2 heterocycles. The molecule has 0 saturated carbocycles. The van der Waals surface area contributed by atoms with Crippen molar-refractivity contribution in [2.24, 2.45) is 0 Å². The largest absolute Gasteiger partial charge is 0.490 e. The first kappa shape index (κ1) is 19.9. The van der Waals surface area contributed by atoms with Crippen molar-refractivity contribution >= 4 is 23.4 Å². The van der Waals surface area contributed by atoms with Gasteiger partial charge in [-0.2, -0.15) is 0 Å². The van der Waals surface area contributed by atoms with Gasteiger partial charge in [0.25, 0.3) is 0 Å². The summed E-state index contributed by atoms with van der Waals surface area (Å²) < 4.78 is 10.5. The lowest BCUT2D eigenvalue weighted by atomic mass is 10.1. The van der Waals surface area contributed by atoms with Crippen molar-refractivity contribution in [2.75, 3.05) is 25.1 Å². The molecule has 9 heteroatoms. The number of hydrogen-bond acceptors (Lipinski definition) is 6. The number of fused-ring (bicyclic) bond motifs is 1. The number of ether oxygens (including phenoxy) is 2. The lowest BCUT2D eigenvalue weighted by Gasteiger charge is -2.30. The fourth-order valence-corrected chi connectivity index (χ4v) is 3.68. The number of nitro groups is 1. The molecule has 0 N–H and O–H groups in total. The fraction of sp³-hybridized carbons (Fsp3) is 0.579. The van der Waals surface area contributed by atoms with Crippen LogP contribution in [0.3, 0.4) is 0 Å². The van der Waals surface area contributed by atoms with Crippen molar-refractivity contribution in [1.29, 1.82) is 0 Å². The van der Waals surface area contributed by atoms with Gasteiger partial charge in [0.1, 0.15) is 11.6 Å². The van der Waals surface area contributed by atoms with E-state index >= 15 is 0 Å². The minimum Gasteiger partial charge on any atom is -0.490 e. The van der Waals surface area contributed by atoms with Crippen LogP contribution in [0.2, 0.25) is 0 Å². The van der Waals surface area contributed by atoms with Gasteiger partial charge in [0, 0.05) is 19.2 Å². The maximum absolute atomic E-state index is 13.2. The first-order valence-electron chi connectivity index (χ1n) is 9.28. The smallest absolute Gasteiger partial charge is 0.410 e. The first-order chi connectivity index (χ1) is 13.1. The molecule has 9 nitrogen and oxygen atoms in total. The molecule has 0 aromatic heterocycles. The summed E-state index contributed by atoms with van der Waals surface area (Å²) in [5.41, 5.74) is 0.493. The Morgan fingerprint density at radius 3 is 2.57 bits per heavy atom. The molecule has 2 aliphatic rings. The number of methoxy groups -OCH3 is 1. The molecule has 0 bridgehead atoms. The summed E-state index contributed by atoms with van der Waals surface area (Å²) in [5, 5.41) is 11.3. The monoisotopic (exact) mass is 391 g/mol. The molecule has 1 fully saturated rings. The van der Waals surface area contributed by atoms with Crippen LogP contribution in [0.1, 0.15) is 39.2 Å². The van der Waals surface area contributed by atoms with E-state index in [1.54, 1.807) is 26.8 Å². The van der Waals surface area contributed by atoms with Crippen molar-refractivity contribution in [3.05, 3.63) is 27.8 Å². The summed E-state index contributed by atoms with van der Waals surface area (Å²) in [6.45, 7) is 6.20. The molecule has 1 aromatic carbocycles. The van der Waals surface area contributed by atoms with Crippen LogP contribution in [0.5, 0.6) is 5.75 Å². The maximum atomic E-state index is 13.2. The lowest BCUT2D eigenvalue weighted by molar-refractivity contribution is -0.385. The second kappa shape index (κ2) is 7.29. The quantitative estimate of drug-likeness (QED) is 0.580. The third-order valence-electron chi connectivity index (χ3n) is 4.90. The van der Waals surface area contributed by atoms with Crippen LogP contribution in [0.25, 0.3) is 0 Å². The molecular formula is C19H25N3O6. The summed E-state index contributed by atoms with van der Waals surface area (Å²) in [6, 6.07) is 2.37. The van der Waals surface area contributed by atoms with E-state index in [-0.39, 0.29) is 17.3 Å². The van der Waals surface area contributed by atoms with Gasteiger partial charge in [-0.05, 0) is 51.7 Å². The SMILES string of the molecule is COc1cc2c(cc1[N+](=O)[O-])N(C(=O)C1CCCN1C(=O)OC(C)(C)C)CC2. The van der Waals surface area contributed by atoms with E-state index in [0.29, 0.717) is 38.0 Å². The van der Waals surface area contributed by atoms with Crippen molar-refractivity contribution in [2.45, 2.75) is 51.7 Å². The summed E-state index contributed by atoms with van der Waals surface area (Å²) >= 11 is 0. The van der Waals surface area contributed by atoms with Crippen molar-refractivity contribution in [3.63, 3.8) is 0 Å². The van der Waals surface area contributed by atoms with E-state index in [1.165, 1.54) is 23.0 Å². The zero-order valence-electron chi connectivity index (χ0n) is 16.6. The Hall–Kier alpha value is -2.84. The number of carbonyl (C=O) groups is 2. The molecule has 0 aliphatic carbocycles. The van der Waals surface area contributed by atoms with Gasteiger partial charge < -0.3 is 14.4 Å². The minimum absolute atomic E-state index is 0.175. The second-order valence-electron chi connectivity index (χ2n) is 7.98. The van der Waals surface area contributed by atoms with Gasteiger partial charge in [-0.25, -0.2) is 4.79 Å². The molecule has 1 unspecified atom stereocenters. The predicted octanol–water partition coefficient (Wildman–Crippen LogP) is 2.89. The molecule has 0 spiro atoms. The van der Waals surface area contributed by atoms with Gasteiger partial charge in [-0.3, -0.25) is 19.8 Å². The van der Waals surface area contributed by atoms with Crippen LogP contribution in [0.4, 0.5) is 16.2 Å². The van der Waals surface area contributed by atoms with Crippen LogP contribution in [-0.4, -0.2) is 53.7 Å². The van der Waals surface area contributed by atoms with E-state index in [1.807, 2.05) is 0 Å². The molecule has 2 amide bonds.